The Kier molecular flexibility index (Phi) is 5.66. The summed E-state index contributed by atoms with van der Waals surface area (Å²) in [6, 6.07) is 15.9. The standard InChI is InChI=1S/C22H25N5O/c28-22(25-19-9-12-21(13-10-19)27-17-5-15-24-27)26-16-4-2-7-20(26)11-8-18-6-1-3-14-23-18/h1,3,5-6,9-10,12-15,17,20H,2,4,7-8,11,16H2,(H,25,28)/t20-/m0/s1. The lowest BCUT2D eigenvalue weighted by Crippen LogP contribution is -2.46. The van der Waals surface area contributed by atoms with Crippen molar-refractivity contribution in [1.82, 2.24) is 19.7 Å². The number of anilines is 1. The van der Waals surface area contributed by atoms with Crippen LogP contribution in [0.1, 0.15) is 31.4 Å². The molecular weight excluding hydrogens is 350 g/mol. The Labute approximate surface area is 165 Å². The van der Waals surface area contributed by atoms with Gasteiger partial charge in [0, 0.05) is 42.6 Å². The predicted molar refractivity (Wildman–Crippen MR) is 109 cm³/mol. The summed E-state index contributed by atoms with van der Waals surface area (Å²) in [6.45, 7) is 0.810. The van der Waals surface area contributed by atoms with Crippen LogP contribution in [0.2, 0.25) is 0 Å². The molecule has 2 amide bonds. The van der Waals surface area contributed by atoms with Gasteiger partial charge in [-0.3, -0.25) is 4.98 Å². The normalized spacial score (nSPS) is 16.7. The van der Waals surface area contributed by atoms with E-state index in [0.717, 1.165) is 49.3 Å². The first-order chi connectivity index (χ1) is 13.8. The highest BCUT2D eigenvalue weighted by atomic mass is 16.2. The zero-order valence-electron chi connectivity index (χ0n) is 15.9. The van der Waals surface area contributed by atoms with Crippen molar-refractivity contribution in [1.29, 1.82) is 0 Å². The second-order valence-corrected chi connectivity index (χ2v) is 7.13. The number of aryl methyl sites for hydroxylation is 1. The van der Waals surface area contributed by atoms with Crippen LogP contribution in [0.15, 0.2) is 67.1 Å². The number of nitrogens with one attached hydrogen (secondary N) is 1. The van der Waals surface area contributed by atoms with Crippen LogP contribution in [0.5, 0.6) is 0 Å². The van der Waals surface area contributed by atoms with Gasteiger partial charge < -0.3 is 10.2 Å². The zero-order valence-corrected chi connectivity index (χ0v) is 15.9. The molecule has 1 aliphatic rings. The van der Waals surface area contributed by atoms with E-state index in [-0.39, 0.29) is 12.1 Å². The van der Waals surface area contributed by atoms with Gasteiger partial charge in [0.1, 0.15) is 0 Å². The average Bonchev–Trinajstić information content (AvgIpc) is 3.29. The topological polar surface area (TPSA) is 63.1 Å². The fourth-order valence-electron chi connectivity index (χ4n) is 3.74. The molecule has 1 fully saturated rings. The van der Waals surface area contributed by atoms with Gasteiger partial charge in [-0.25, -0.2) is 9.48 Å². The Balaban J connectivity index is 1.37. The Morgan fingerprint density at radius 3 is 2.71 bits per heavy atom. The lowest BCUT2D eigenvalue weighted by molar-refractivity contribution is 0.158. The number of rotatable bonds is 5. The lowest BCUT2D eigenvalue weighted by atomic mass is 9.97. The van der Waals surface area contributed by atoms with Gasteiger partial charge in [0.05, 0.1) is 5.69 Å². The molecule has 28 heavy (non-hydrogen) atoms. The minimum atomic E-state index is -0.0161. The average molecular weight is 375 g/mol. The van der Waals surface area contributed by atoms with E-state index in [4.69, 9.17) is 0 Å². The number of piperidine rings is 1. The molecule has 6 nitrogen and oxygen atoms in total. The molecule has 1 N–H and O–H groups in total. The van der Waals surface area contributed by atoms with Crippen LogP contribution in [-0.4, -0.2) is 38.3 Å². The van der Waals surface area contributed by atoms with Crippen LogP contribution in [-0.2, 0) is 6.42 Å². The van der Waals surface area contributed by atoms with Gasteiger partial charge in [0.15, 0.2) is 0 Å². The Hall–Kier alpha value is -3.15. The van der Waals surface area contributed by atoms with E-state index < -0.39 is 0 Å². The van der Waals surface area contributed by atoms with E-state index in [0.29, 0.717) is 0 Å². The first-order valence-electron chi connectivity index (χ1n) is 9.87. The summed E-state index contributed by atoms with van der Waals surface area (Å²) >= 11 is 0. The van der Waals surface area contributed by atoms with Crippen molar-refractivity contribution >= 4 is 11.7 Å². The molecular formula is C22H25N5O. The van der Waals surface area contributed by atoms with Crippen molar-refractivity contribution in [2.75, 3.05) is 11.9 Å². The summed E-state index contributed by atoms with van der Waals surface area (Å²) < 4.78 is 1.80. The van der Waals surface area contributed by atoms with Gasteiger partial charge in [-0.05, 0) is 74.6 Å². The van der Waals surface area contributed by atoms with Crippen LogP contribution in [0.25, 0.3) is 5.69 Å². The molecule has 0 unspecified atom stereocenters. The molecule has 0 radical (unpaired) electrons. The number of carbonyl (C=O) groups is 1. The van der Waals surface area contributed by atoms with E-state index >= 15 is 0 Å². The number of hydrogen-bond acceptors (Lipinski definition) is 3. The molecule has 6 heteroatoms. The summed E-state index contributed by atoms with van der Waals surface area (Å²) in [4.78, 5) is 19.3. The van der Waals surface area contributed by atoms with Crippen LogP contribution in [0.4, 0.5) is 10.5 Å². The van der Waals surface area contributed by atoms with Crippen molar-refractivity contribution < 1.29 is 4.79 Å². The number of hydrogen-bond donors (Lipinski definition) is 1. The van der Waals surface area contributed by atoms with Gasteiger partial charge in [-0.15, -0.1) is 0 Å². The Bertz CT molecular complexity index is 877. The molecule has 1 aromatic carbocycles. The number of likely N-dealkylation sites (tertiary alicyclic amines) is 1. The maximum Gasteiger partial charge on any atom is 0.322 e. The van der Waals surface area contributed by atoms with Crippen LogP contribution >= 0.6 is 0 Å². The van der Waals surface area contributed by atoms with Crippen molar-refractivity contribution in [2.45, 2.75) is 38.1 Å². The van der Waals surface area contributed by atoms with Gasteiger partial charge >= 0.3 is 6.03 Å². The fraction of sp³-hybridized carbons (Fsp3) is 0.318. The molecule has 2 aromatic heterocycles. The van der Waals surface area contributed by atoms with Crippen molar-refractivity contribution in [3.63, 3.8) is 0 Å². The quantitative estimate of drug-likeness (QED) is 0.724. The highest BCUT2D eigenvalue weighted by molar-refractivity contribution is 5.89. The molecule has 3 heterocycles. The minimum absolute atomic E-state index is 0.0161. The first-order valence-corrected chi connectivity index (χ1v) is 9.87. The minimum Gasteiger partial charge on any atom is -0.322 e. The maximum atomic E-state index is 12.9. The second-order valence-electron chi connectivity index (χ2n) is 7.13. The number of aromatic nitrogens is 3. The number of amides is 2. The van der Waals surface area contributed by atoms with E-state index in [9.17, 15) is 4.79 Å². The van der Waals surface area contributed by atoms with Crippen LogP contribution in [0.3, 0.4) is 0 Å². The van der Waals surface area contributed by atoms with Crippen LogP contribution < -0.4 is 5.32 Å². The van der Waals surface area contributed by atoms with Crippen LogP contribution in [0, 0.1) is 0 Å². The Morgan fingerprint density at radius 2 is 1.96 bits per heavy atom. The van der Waals surface area contributed by atoms with E-state index in [2.05, 4.69) is 15.4 Å². The summed E-state index contributed by atoms with van der Waals surface area (Å²) in [6.07, 6.45) is 10.6. The number of benzene rings is 1. The molecule has 0 bridgehead atoms. The smallest absolute Gasteiger partial charge is 0.322 e. The third-order valence-corrected chi connectivity index (χ3v) is 5.24. The van der Waals surface area contributed by atoms with Gasteiger partial charge in [0.25, 0.3) is 0 Å². The summed E-state index contributed by atoms with van der Waals surface area (Å²) in [5, 5.41) is 7.28. The molecule has 0 saturated carbocycles. The predicted octanol–water partition coefficient (Wildman–Crippen LogP) is 4.29. The van der Waals surface area contributed by atoms with Crippen molar-refractivity contribution in [3.05, 3.63) is 72.8 Å². The zero-order chi connectivity index (χ0) is 19.2. The lowest BCUT2D eigenvalue weighted by Gasteiger charge is -2.35. The third-order valence-electron chi connectivity index (χ3n) is 5.24. The summed E-state index contributed by atoms with van der Waals surface area (Å²) in [7, 11) is 0. The molecule has 1 aliphatic heterocycles. The molecule has 3 aromatic rings. The van der Waals surface area contributed by atoms with E-state index in [1.807, 2.05) is 65.8 Å². The number of carbonyl (C=O) groups excluding carboxylic acids is 1. The van der Waals surface area contributed by atoms with Gasteiger partial charge in [-0.1, -0.05) is 6.07 Å². The maximum absolute atomic E-state index is 12.9. The number of nitrogens with zero attached hydrogens (tertiary/aromatic N) is 4. The first kappa shape index (κ1) is 18.2. The molecule has 144 valence electrons. The molecule has 0 spiro atoms. The Morgan fingerprint density at radius 1 is 1.07 bits per heavy atom. The highest BCUT2D eigenvalue weighted by Crippen LogP contribution is 2.22. The van der Waals surface area contributed by atoms with E-state index in [1.54, 1.807) is 10.9 Å². The van der Waals surface area contributed by atoms with Crippen molar-refractivity contribution in [3.8, 4) is 5.69 Å². The number of pyridine rings is 1. The summed E-state index contributed by atoms with van der Waals surface area (Å²) in [5.41, 5.74) is 2.85. The highest BCUT2D eigenvalue weighted by Gasteiger charge is 2.26. The second kappa shape index (κ2) is 8.69. The summed E-state index contributed by atoms with van der Waals surface area (Å²) in [5.74, 6) is 0. The molecule has 4 rings (SSSR count). The van der Waals surface area contributed by atoms with Gasteiger partial charge in [0.2, 0.25) is 0 Å². The van der Waals surface area contributed by atoms with E-state index in [1.165, 1.54) is 6.42 Å². The van der Waals surface area contributed by atoms with Gasteiger partial charge in [-0.2, -0.15) is 5.10 Å². The SMILES string of the molecule is O=C(Nc1ccc(-n2cccn2)cc1)N1CCCC[C@H]1CCc1ccccn1. The fourth-order valence-corrected chi connectivity index (χ4v) is 3.74. The molecule has 1 saturated heterocycles. The molecule has 1 atom stereocenters. The monoisotopic (exact) mass is 375 g/mol. The molecule has 0 aliphatic carbocycles. The van der Waals surface area contributed by atoms with Crippen molar-refractivity contribution in [2.24, 2.45) is 0 Å². The number of urea groups is 1. The third kappa shape index (κ3) is 4.39. The largest absolute Gasteiger partial charge is 0.322 e.